The number of Topliss-reactive ketones (excluding diaryl/α,β-unsaturated/α-hetero) is 1. The number of amides is 2. The van der Waals surface area contributed by atoms with Crippen LogP contribution in [-0.4, -0.2) is 71.9 Å². The minimum absolute atomic E-state index is 0.0607. The third-order valence-electron chi connectivity index (χ3n) is 8.55. The fourth-order valence-electron chi connectivity index (χ4n) is 6.16. The normalized spacial score (nSPS) is 20.9. The van der Waals surface area contributed by atoms with E-state index in [1.807, 2.05) is 40.7 Å². The van der Waals surface area contributed by atoms with Crippen LogP contribution in [0.25, 0.3) is 0 Å². The first-order valence-corrected chi connectivity index (χ1v) is 15.7. The van der Waals surface area contributed by atoms with Gasteiger partial charge in [0.15, 0.2) is 5.78 Å². The Hall–Kier alpha value is -3.17. The number of allylic oxidation sites excluding steroid dienone is 2. The summed E-state index contributed by atoms with van der Waals surface area (Å²) in [6, 6.07) is 0.919. The van der Waals surface area contributed by atoms with Gasteiger partial charge in [0.1, 0.15) is 11.3 Å². The summed E-state index contributed by atoms with van der Waals surface area (Å²) in [5.74, 6) is -0.627. The summed E-state index contributed by atoms with van der Waals surface area (Å²) in [5.41, 5.74) is 3.00. The molecule has 1 aromatic rings. The summed E-state index contributed by atoms with van der Waals surface area (Å²) in [6.45, 7) is 14.6. The Bertz CT molecular complexity index is 1220. The summed E-state index contributed by atoms with van der Waals surface area (Å²) >= 11 is 0. The summed E-state index contributed by atoms with van der Waals surface area (Å²) in [5, 5.41) is 12.9. The van der Waals surface area contributed by atoms with Crippen molar-refractivity contribution >= 4 is 17.8 Å². The Morgan fingerprint density at radius 1 is 1.14 bits per heavy atom. The topological polar surface area (TPSA) is 114 Å². The third-order valence-corrected chi connectivity index (χ3v) is 8.55. The lowest BCUT2D eigenvalue weighted by molar-refractivity contribution is -0.156. The van der Waals surface area contributed by atoms with Gasteiger partial charge in [0.25, 0.3) is 0 Å². The molecule has 2 amide bonds. The second-order valence-corrected chi connectivity index (χ2v) is 11.6. The van der Waals surface area contributed by atoms with E-state index in [-0.39, 0.29) is 44.0 Å². The van der Waals surface area contributed by atoms with Gasteiger partial charge in [-0.15, -0.1) is 0 Å². The third kappa shape index (κ3) is 8.06. The Morgan fingerprint density at radius 3 is 2.42 bits per heavy atom. The zero-order valence-corrected chi connectivity index (χ0v) is 27.0. The van der Waals surface area contributed by atoms with Gasteiger partial charge in [-0.3, -0.25) is 4.79 Å². The molecular weight excluding hydrogens is 548 g/mol. The van der Waals surface area contributed by atoms with Crippen LogP contribution in [0.5, 0.6) is 5.75 Å². The number of carbonyl (C=O) groups is 3. The van der Waals surface area contributed by atoms with Crippen molar-refractivity contribution in [1.82, 2.24) is 10.2 Å². The van der Waals surface area contributed by atoms with Crippen LogP contribution in [0, 0.1) is 6.92 Å². The van der Waals surface area contributed by atoms with Gasteiger partial charge in [-0.1, -0.05) is 31.6 Å². The lowest BCUT2D eigenvalue weighted by Crippen LogP contribution is -2.66. The van der Waals surface area contributed by atoms with Crippen LogP contribution in [0.15, 0.2) is 29.9 Å². The number of aliphatic carboxylic acids is 1. The second-order valence-electron chi connectivity index (χ2n) is 11.6. The van der Waals surface area contributed by atoms with Crippen molar-refractivity contribution in [3.05, 3.63) is 52.1 Å². The second kappa shape index (κ2) is 15.5. The Kier molecular flexibility index (Phi) is 12.4. The highest BCUT2D eigenvalue weighted by Crippen LogP contribution is 2.38. The van der Waals surface area contributed by atoms with Crippen molar-refractivity contribution in [3.8, 4) is 5.75 Å². The predicted octanol–water partition coefficient (Wildman–Crippen LogP) is 6.33. The zero-order valence-electron chi connectivity index (χ0n) is 27.0. The molecule has 238 valence electrons. The predicted molar refractivity (Wildman–Crippen MR) is 167 cm³/mol. The van der Waals surface area contributed by atoms with Gasteiger partial charge in [0, 0.05) is 26.0 Å². The molecule has 1 aromatic carbocycles. The number of ketones is 1. The van der Waals surface area contributed by atoms with Crippen molar-refractivity contribution in [2.45, 2.75) is 111 Å². The maximum atomic E-state index is 14.0. The molecule has 1 saturated carbocycles. The van der Waals surface area contributed by atoms with E-state index in [1.165, 1.54) is 0 Å². The molecule has 0 heterocycles. The molecule has 2 atom stereocenters. The lowest BCUT2D eigenvalue weighted by atomic mass is 9.74. The molecule has 0 radical (unpaired) electrons. The van der Waals surface area contributed by atoms with Gasteiger partial charge in [0.2, 0.25) is 0 Å². The summed E-state index contributed by atoms with van der Waals surface area (Å²) in [7, 11) is 0. The van der Waals surface area contributed by atoms with Gasteiger partial charge in [-0.25, -0.2) is 9.59 Å². The highest BCUT2D eigenvalue weighted by Gasteiger charge is 2.53. The summed E-state index contributed by atoms with van der Waals surface area (Å²) in [4.78, 5) is 40.7. The van der Waals surface area contributed by atoms with E-state index >= 15 is 0 Å². The summed E-state index contributed by atoms with van der Waals surface area (Å²) in [6.07, 6.45) is 9.97. The molecule has 3 rings (SSSR count). The number of nitrogens with one attached hydrogen (secondary N) is 1. The Labute approximate surface area is 256 Å². The van der Waals surface area contributed by atoms with E-state index < -0.39 is 23.6 Å². The van der Waals surface area contributed by atoms with Crippen molar-refractivity contribution in [2.75, 3.05) is 26.4 Å². The molecule has 9 nitrogen and oxygen atoms in total. The number of hydrogen-bond donors (Lipinski definition) is 2. The van der Waals surface area contributed by atoms with Gasteiger partial charge in [-0.2, -0.15) is 0 Å². The SMILES string of the molecule is CCCc1c(C)c([C@@H](C)N(CCO[C@H](C)C2=CCCC=C2)C(=O)NC2(C(=O)O)CC(OCC)C2)cc(OCC)c1C(C)=O. The minimum atomic E-state index is -1.39. The fraction of sp³-hybridized carbons (Fsp3) is 0.618. The molecule has 2 aliphatic rings. The van der Waals surface area contributed by atoms with E-state index in [0.717, 1.165) is 41.5 Å². The standard InChI is InChI=1S/C34H50N2O7/c1-8-14-28-22(4)29(19-30(42-10-3)31(28)24(6)37)23(5)36(17-18-43-25(7)26-15-12-11-13-16-26)33(40)35-34(32(38)39)20-27(21-34)41-9-2/h12,15-16,19,23,25,27H,8-11,13-14,17-18,20-21H2,1-7H3,(H,35,40)(H,38,39)/t23-,25-,27?,34?/m1/s1. The van der Waals surface area contributed by atoms with Crippen molar-refractivity contribution in [2.24, 2.45) is 0 Å². The smallest absolute Gasteiger partial charge is 0.329 e. The molecule has 2 N–H and O–H groups in total. The first-order chi connectivity index (χ1) is 20.5. The van der Waals surface area contributed by atoms with Crippen LogP contribution in [0.4, 0.5) is 4.79 Å². The Morgan fingerprint density at radius 2 is 1.86 bits per heavy atom. The number of carboxylic acids is 1. The number of carbonyl (C=O) groups excluding carboxylic acids is 2. The lowest BCUT2D eigenvalue weighted by Gasteiger charge is -2.45. The van der Waals surface area contributed by atoms with Gasteiger partial charge < -0.3 is 29.5 Å². The molecule has 0 spiro atoms. The maximum absolute atomic E-state index is 14.0. The molecular formula is C34H50N2O7. The molecule has 0 bridgehead atoms. The summed E-state index contributed by atoms with van der Waals surface area (Å²) < 4.78 is 17.7. The monoisotopic (exact) mass is 598 g/mol. The van der Waals surface area contributed by atoms with Crippen LogP contribution in [-0.2, 0) is 20.7 Å². The van der Waals surface area contributed by atoms with Crippen LogP contribution >= 0.6 is 0 Å². The van der Waals surface area contributed by atoms with E-state index in [2.05, 4.69) is 30.5 Å². The molecule has 43 heavy (non-hydrogen) atoms. The fourth-order valence-corrected chi connectivity index (χ4v) is 6.16. The Balaban J connectivity index is 1.96. The quantitative estimate of drug-likeness (QED) is 0.214. The molecule has 1 fully saturated rings. The van der Waals surface area contributed by atoms with Gasteiger partial charge >= 0.3 is 12.0 Å². The van der Waals surface area contributed by atoms with Crippen LogP contribution in [0.2, 0.25) is 0 Å². The first kappa shape index (κ1) is 34.3. The van der Waals surface area contributed by atoms with Gasteiger partial charge in [-0.05, 0) is 89.1 Å². The van der Waals surface area contributed by atoms with Crippen LogP contribution in [0.1, 0.15) is 107 Å². The number of nitrogens with zero attached hydrogens (tertiary/aromatic N) is 1. The number of urea groups is 1. The molecule has 0 aliphatic heterocycles. The minimum Gasteiger partial charge on any atom is -0.493 e. The zero-order chi connectivity index (χ0) is 31.7. The number of rotatable bonds is 16. The number of benzene rings is 1. The van der Waals surface area contributed by atoms with Crippen molar-refractivity contribution in [3.63, 3.8) is 0 Å². The number of ether oxygens (including phenoxy) is 3. The maximum Gasteiger partial charge on any atom is 0.329 e. The number of hydrogen-bond acceptors (Lipinski definition) is 6. The molecule has 0 aromatic heterocycles. The average molecular weight is 599 g/mol. The highest BCUT2D eigenvalue weighted by atomic mass is 16.5. The van der Waals surface area contributed by atoms with Crippen molar-refractivity contribution < 1.29 is 33.7 Å². The largest absolute Gasteiger partial charge is 0.493 e. The molecule has 0 unspecified atom stereocenters. The van der Waals surface area contributed by atoms with E-state index in [4.69, 9.17) is 14.2 Å². The molecule has 2 aliphatic carbocycles. The molecule has 0 saturated heterocycles. The van der Waals surface area contributed by atoms with E-state index in [9.17, 15) is 19.5 Å². The average Bonchev–Trinajstić information content (AvgIpc) is 2.95. The van der Waals surface area contributed by atoms with Gasteiger partial charge in [0.05, 0.1) is 37.0 Å². The van der Waals surface area contributed by atoms with Crippen LogP contribution < -0.4 is 10.1 Å². The molecule has 9 heteroatoms. The van der Waals surface area contributed by atoms with E-state index in [1.54, 1.807) is 11.8 Å². The van der Waals surface area contributed by atoms with E-state index in [0.29, 0.717) is 30.9 Å². The van der Waals surface area contributed by atoms with Crippen LogP contribution in [0.3, 0.4) is 0 Å². The van der Waals surface area contributed by atoms with Crippen molar-refractivity contribution in [1.29, 1.82) is 0 Å². The highest BCUT2D eigenvalue weighted by molar-refractivity contribution is 5.99. The first-order valence-electron chi connectivity index (χ1n) is 15.7. The number of carboxylic acid groups (broad SMARTS) is 1.